The van der Waals surface area contributed by atoms with Crippen molar-refractivity contribution in [1.82, 2.24) is 9.55 Å². The van der Waals surface area contributed by atoms with E-state index in [1.54, 1.807) is 23.7 Å². The lowest BCUT2D eigenvalue weighted by Crippen LogP contribution is -2.07. The lowest BCUT2D eigenvalue weighted by atomic mass is 10.1. The average Bonchev–Trinajstić information content (AvgIpc) is 2.64. The molecule has 17 heavy (non-hydrogen) atoms. The number of hydrogen-bond donors (Lipinski definition) is 1. The van der Waals surface area contributed by atoms with Crippen LogP contribution < -0.4 is 0 Å². The number of carboxylic acid groups (broad SMARTS) is 1. The van der Waals surface area contributed by atoms with Gasteiger partial charge in [0.05, 0.1) is 6.20 Å². The third-order valence-electron chi connectivity index (χ3n) is 2.58. The Hall–Kier alpha value is -1.81. The molecular formula is C12H11ClN2O2. The van der Waals surface area contributed by atoms with Gasteiger partial charge in [-0.2, -0.15) is 0 Å². The first-order valence-electron chi connectivity index (χ1n) is 5.06. The van der Waals surface area contributed by atoms with Crippen molar-refractivity contribution in [3.63, 3.8) is 0 Å². The van der Waals surface area contributed by atoms with Gasteiger partial charge in [0, 0.05) is 18.5 Å². The van der Waals surface area contributed by atoms with Gasteiger partial charge in [-0.05, 0) is 17.7 Å². The molecule has 1 aromatic heterocycles. The maximum atomic E-state index is 10.9. The molecule has 0 aliphatic rings. The van der Waals surface area contributed by atoms with Crippen LogP contribution in [0.3, 0.4) is 0 Å². The summed E-state index contributed by atoms with van der Waals surface area (Å²) in [6.07, 6.45) is 1.95. The second-order valence-electron chi connectivity index (χ2n) is 3.73. The van der Waals surface area contributed by atoms with Crippen molar-refractivity contribution in [3.05, 3.63) is 52.6 Å². The molecule has 0 saturated carbocycles. The van der Waals surface area contributed by atoms with Crippen molar-refractivity contribution < 1.29 is 9.90 Å². The smallest absolute Gasteiger partial charge is 0.354 e. The monoisotopic (exact) mass is 250 g/mol. The molecule has 88 valence electrons. The van der Waals surface area contributed by atoms with E-state index in [9.17, 15) is 4.79 Å². The molecule has 0 fully saturated rings. The van der Waals surface area contributed by atoms with Crippen LogP contribution >= 0.6 is 11.6 Å². The minimum Gasteiger partial charge on any atom is -0.477 e. The van der Waals surface area contributed by atoms with E-state index in [-0.39, 0.29) is 5.69 Å². The van der Waals surface area contributed by atoms with E-state index in [4.69, 9.17) is 16.7 Å². The molecule has 0 atom stereocenters. The molecule has 2 aromatic rings. The number of carboxylic acids is 1. The summed E-state index contributed by atoms with van der Waals surface area (Å²) in [5, 5.41) is 9.58. The Morgan fingerprint density at radius 2 is 2.06 bits per heavy atom. The van der Waals surface area contributed by atoms with Gasteiger partial charge in [0.15, 0.2) is 0 Å². The van der Waals surface area contributed by atoms with Crippen LogP contribution in [0.25, 0.3) is 0 Å². The number of nitrogens with zero attached hydrogens (tertiary/aromatic N) is 2. The Balaban J connectivity index is 2.24. The van der Waals surface area contributed by atoms with Crippen molar-refractivity contribution in [3.8, 4) is 0 Å². The summed E-state index contributed by atoms with van der Waals surface area (Å²) in [7, 11) is 1.70. The van der Waals surface area contributed by atoms with Crippen LogP contribution in [0.15, 0.2) is 30.5 Å². The largest absolute Gasteiger partial charge is 0.477 e. The van der Waals surface area contributed by atoms with Gasteiger partial charge in [0.2, 0.25) is 0 Å². The number of carbonyl (C=O) groups is 1. The molecular weight excluding hydrogens is 240 g/mol. The molecule has 2 rings (SSSR count). The van der Waals surface area contributed by atoms with E-state index >= 15 is 0 Å². The fourth-order valence-corrected chi connectivity index (χ4v) is 1.72. The summed E-state index contributed by atoms with van der Waals surface area (Å²) in [6, 6.07) is 7.41. The number of hydrogen-bond acceptors (Lipinski definition) is 2. The Bertz CT molecular complexity index is 546. The molecule has 0 unspecified atom stereocenters. The topological polar surface area (TPSA) is 55.1 Å². The summed E-state index contributed by atoms with van der Waals surface area (Å²) in [6.45, 7) is 0. The van der Waals surface area contributed by atoms with Gasteiger partial charge in [0.25, 0.3) is 0 Å². The molecule has 1 heterocycles. The minimum atomic E-state index is -0.970. The van der Waals surface area contributed by atoms with Gasteiger partial charge >= 0.3 is 5.97 Å². The molecule has 0 radical (unpaired) electrons. The van der Waals surface area contributed by atoms with Crippen LogP contribution in [-0.4, -0.2) is 20.6 Å². The zero-order valence-electron chi connectivity index (χ0n) is 9.22. The van der Waals surface area contributed by atoms with Crippen LogP contribution in [0.4, 0.5) is 0 Å². The number of aromatic nitrogens is 2. The summed E-state index contributed by atoms with van der Waals surface area (Å²) in [4.78, 5) is 15.0. The van der Waals surface area contributed by atoms with Crippen molar-refractivity contribution in [2.45, 2.75) is 6.42 Å². The SMILES string of the molecule is Cn1c(C(=O)O)cnc1Cc1ccc(Cl)cc1. The third kappa shape index (κ3) is 2.47. The van der Waals surface area contributed by atoms with Crippen molar-refractivity contribution >= 4 is 17.6 Å². The van der Waals surface area contributed by atoms with Gasteiger partial charge in [0.1, 0.15) is 11.5 Å². The second kappa shape index (κ2) is 4.59. The van der Waals surface area contributed by atoms with E-state index in [1.807, 2.05) is 12.1 Å². The molecule has 0 aliphatic carbocycles. The first-order chi connectivity index (χ1) is 8.08. The van der Waals surface area contributed by atoms with E-state index < -0.39 is 5.97 Å². The van der Waals surface area contributed by atoms with Crippen LogP contribution in [0.2, 0.25) is 5.02 Å². The molecule has 5 heteroatoms. The Morgan fingerprint density at radius 1 is 1.41 bits per heavy atom. The van der Waals surface area contributed by atoms with E-state index in [2.05, 4.69) is 4.98 Å². The molecule has 0 spiro atoms. The number of halogens is 1. The number of aromatic carboxylic acids is 1. The van der Waals surface area contributed by atoms with Crippen molar-refractivity contribution in [2.75, 3.05) is 0 Å². The number of imidazole rings is 1. The van der Waals surface area contributed by atoms with E-state index in [0.717, 1.165) is 5.56 Å². The number of benzene rings is 1. The highest BCUT2D eigenvalue weighted by Gasteiger charge is 2.12. The molecule has 1 N–H and O–H groups in total. The summed E-state index contributed by atoms with van der Waals surface area (Å²) >= 11 is 5.79. The maximum absolute atomic E-state index is 10.9. The molecule has 0 bridgehead atoms. The Labute approximate surface area is 103 Å². The van der Waals surface area contributed by atoms with Crippen molar-refractivity contribution in [1.29, 1.82) is 0 Å². The van der Waals surface area contributed by atoms with Gasteiger partial charge in [-0.3, -0.25) is 0 Å². The van der Waals surface area contributed by atoms with E-state index in [1.165, 1.54) is 6.20 Å². The summed E-state index contributed by atoms with van der Waals surface area (Å²) in [5.41, 5.74) is 1.23. The predicted octanol–water partition coefficient (Wildman–Crippen LogP) is 2.36. The van der Waals surface area contributed by atoms with Crippen LogP contribution in [0.5, 0.6) is 0 Å². The fourth-order valence-electron chi connectivity index (χ4n) is 1.60. The standard InChI is InChI=1S/C12H11ClN2O2/c1-15-10(12(16)17)7-14-11(15)6-8-2-4-9(13)5-3-8/h2-5,7H,6H2,1H3,(H,16,17). The van der Waals surface area contributed by atoms with Crippen LogP contribution in [0, 0.1) is 0 Å². The highest BCUT2D eigenvalue weighted by Crippen LogP contribution is 2.13. The van der Waals surface area contributed by atoms with Crippen LogP contribution in [0.1, 0.15) is 21.9 Å². The van der Waals surface area contributed by atoms with Crippen LogP contribution in [-0.2, 0) is 13.5 Å². The summed E-state index contributed by atoms with van der Waals surface area (Å²) in [5.74, 6) is -0.257. The molecule has 0 amide bonds. The molecule has 1 aromatic carbocycles. The molecule has 0 aliphatic heterocycles. The molecule has 4 nitrogen and oxygen atoms in total. The zero-order chi connectivity index (χ0) is 12.4. The second-order valence-corrected chi connectivity index (χ2v) is 4.16. The van der Waals surface area contributed by atoms with Crippen molar-refractivity contribution in [2.24, 2.45) is 7.05 Å². The Kier molecular flexibility index (Phi) is 3.15. The summed E-state index contributed by atoms with van der Waals surface area (Å²) < 4.78 is 1.58. The number of rotatable bonds is 3. The minimum absolute atomic E-state index is 0.189. The first kappa shape index (κ1) is 11.7. The predicted molar refractivity (Wildman–Crippen MR) is 64.4 cm³/mol. The van der Waals surface area contributed by atoms with Gasteiger partial charge in [-0.1, -0.05) is 23.7 Å². The normalized spacial score (nSPS) is 10.5. The average molecular weight is 251 g/mol. The lowest BCUT2D eigenvalue weighted by molar-refractivity contribution is 0.0686. The Morgan fingerprint density at radius 3 is 2.59 bits per heavy atom. The van der Waals surface area contributed by atoms with Gasteiger partial charge in [-0.25, -0.2) is 9.78 Å². The van der Waals surface area contributed by atoms with E-state index in [0.29, 0.717) is 17.3 Å². The first-order valence-corrected chi connectivity index (χ1v) is 5.44. The highest BCUT2D eigenvalue weighted by atomic mass is 35.5. The lowest BCUT2D eigenvalue weighted by Gasteiger charge is -2.03. The third-order valence-corrected chi connectivity index (χ3v) is 2.83. The highest BCUT2D eigenvalue weighted by molar-refractivity contribution is 6.30. The fraction of sp³-hybridized carbons (Fsp3) is 0.167. The van der Waals surface area contributed by atoms with Gasteiger partial charge in [-0.15, -0.1) is 0 Å². The quantitative estimate of drug-likeness (QED) is 0.910. The van der Waals surface area contributed by atoms with Gasteiger partial charge < -0.3 is 9.67 Å². The maximum Gasteiger partial charge on any atom is 0.354 e. The molecule has 0 saturated heterocycles. The zero-order valence-corrected chi connectivity index (χ0v) is 9.98.